The summed E-state index contributed by atoms with van der Waals surface area (Å²) >= 11 is 0. The summed E-state index contributed by atoms with van der Waals surface area (Å²) in [7, 11) is 3.92. The van der Waals surface area contributed by atoms with Crippen molar-refractivity contribution in [2.24, 2.45) is 11.8 Å². The summed E-state index contributed by atoms with van der Waals surface area (Å²) in [6.07, 6.45) is -1.95. The number of carbonyl (C=O) groups excluding carboxylic acids is 2. The molecule has 0 radical (unpaired) electrons. The van der Waals surface area contributed by atoms with Crippen LogP contribution in [0.15, 0.2) is 24.3 Å². The van der Waals surface area contributed by atoms with Gasteiger partial charge in [-0.1, -0.05) is 0 Å². The fraction of sp³-hybridized carbons (Fsp3) is 0.417. The maximum Gasteiger partial charge on any atom is 0.312 e. The maximum atomic E-state index is 12.9. The third-order valence-electron chi connectivity index (χ3n) is 6.07. The molecule has 0 saturated carbocycles. The van der Waals surface area contributed by atoms with Crippen molar-refractivity contribution in [1.29, 1.82) is 0 Å². The Bertz CT molecular complexity index is 1030. The highest BCUT2D eigenvalue weighted by Crippen LogP contribution is 2.52. The van der Waals surface area contributed by atoms with Crippen LogP contribution in [0.1, 0.15) is 41.4 Å². The average Bonchev–Trinajstić information content (AvgIpc) is 3.25. The second-order valence-electron chi connectivity index (χ2n) is 7.94. The van der Waals surface area contributed by atoms with Crippen molar-refractivity contribution in [3.05, 3.63) is 46.5 Å². The molecule has 184 valence electrons. The van der Waals surface area contributed by atoms with Crippen LogP contribution in [0.2, 0.25) is 0 Å². The molecule has 10 nitrogen and oxygen atoms in total. The molecule has 34 heavy (non-hydrogen) atoms. The van der Waals surface area contributed by atoms with Gasteiger partial charge in [0.2, 0.25) is 5.75 Å². The predicted octanol–water partition coefficient (Wildman–Crippen LogP) is 1.91. The molecule has 1 heterocycles. The Kier molecular flexibility index (Phi) is 7.65. The van der Waals surface area contributed by atoms with Crippen molar-refractivity contribution < 1.29 is 49.0 Å². The fourth-order valence-electron chi connectivity index (χ4n) is 4.42. The fourth-order valence-corrected chi connectivity index (χ4v) is 4.42. The number of aliphatic hydroxyl groups excluding tert-OH is 2. The van der Waals surface area contributed by atoms with Crippen LogP contribution in [0.3, 0.4) is 0 Å². The molecule has 4 N–H and O–H groups in total. The van der Waals surface area contributed by atoms with Gasteiger partial charge in [-0.25, -0.2) is 0 Å². The first-order chi connectivity index (χ1) is 16.2. The lowest BCUT2D eigenvalue weighted by Gasteiger charge is -2.21. The van der Waals surface area contributed by atoms with E-state index in [1.165, 1.54) is 52.5 Å². The third-order valence-corrected chi connectivity index (χ3v) is 6.07. The minimum Gasteiger partial charge on any atom is -0.507 e. The first-order valence-electron chi connectivity index (χ1n) is 10.5. The summed E-state index contributed by atoms with van der Waals surface area (Å²) in [5.41, 5.74) is 1.07. The molecule has 1 fully saturated rings. The van der Waals surface area contributed by atoms with Crippen molar-refractivity contribution in [1.82, 2.24) is 0 Å². The molecule has 0 aliphatic carbocycles. The Morgan fingerprint density at radius 2 is 1.29 bits per heavy atom. The van der Waals surface area contributed by atoms with Crippen LogP contribution in [-0.2, 0) is 32.3 Å². The molecule has 0 spiro atoms. The number of ether oxygens (including phenoxy) is 4. The summed E-state index contributed by atoms with van der Waals surface area (Å²) in [5.74, 6) is -3.40. The van der Waals surface area contributed by atoms with Gasteiger partial charge in [-0.05, 0) is 42.3 Å². The van der Waals surface area contributed by atoms with E-state index in [0.717, 1.165) is 0 Å². The van der Waals surface area contributed by atoms with Crippen molar-refractivity contribution in [3.63, 3.8) is 0 Å². The number of rotatable bonds is 8. The number of phenolic OH excluding ortho intramolecular Hbond substituents is 1. The molecule has 4 atom stereocenters. The van der Waals surface area contributed by atoms with Crippen LogP contribution in [-0.4, -0.2) is 53.5 Å². The minimum absolute atomic E-state index is 0.0826. The zero-order valence-electron chi connectivity index (χ0n) is 19.3. The Labute approximate surface area is 196 Å². The van der Waals surface area contributed by atoms with Gasteiger partial charge in [-0.3, -0.25) is 9.59 Å². The van der Waals surface area contributed by atoms with Crippen LogP contribution in [0.4, 0.5) is 0 Å². The number of methoxy groups -OCH3 is 3. The van der Waals surface area contributed by atoms with Crippen molar-refractivity contribution in [2.45, 2.75) is 32.3 Å². The van der Waals surface area contributed by atoms with E-state index < -0.39 is 43.2 Å². The second-order valence-corrected chi connectivity index (χ2v) is 7.94. The summed E-state index contributed by atoms with van der Waals surface area (Å²) in [4.78, 5) is 25.7. The summed E-state index contributed by atoms with van der Waals surface area (Å²) in [6.45, 7) is 0.304. The Hall–Kier alpha value is -3.34. The number of esters is 1. The zero-order valence-corrected chi connectivity index (χ0v) is 19.3. The van der Waals surface area contributed by atoms with E-state index >= 15 is 0 Å². The molecule has 0 bridgehead atoms. The highest BCUT2D eigenvalue weighted by molar-refractivity contribution is 5.87. The molecule has 10 heteroatoms. The highest BCUT2D eigenvalue weighted by Gasteiger charge is 2.52. The second kappa shape index (κ2) is 10.3. The average molecular weight is 476 g/mol. The topological polar surface area (TPSA) is 152 Å². The SMILES string of the molecule is COC(=O)[C@@H]1[C@@H](C(C)=O)[C@H](c2cc(CO)c(O)c(CO)c2)O[C@H]1c1cc(OC)c(O)c(OC)c1. The standard InChI is InChI=1S/C24H28O10/c1-11(27)18-19(24(30)33-4)23(13-7-16(31-2)21(29)17(8-13)32-3)34-22(18)12-5-14(9-25)20(28)15(6-12)10-26/h5-8,18-19,22-23,25-26,28-29H,9-10H2,1-4H3/t18-,19-,22+,23+/m1/s1. The van der Waals surface area contributed by atoms with E-state index in [1.807, 2.05) is 0 Å². The summed E-state index contributed by atoms with van der Waals surface area (Å²) < 4.78 is 21.7. The molecule has 3 rings (SSSR count). The molecular weight excluding hydrogens is 448 g/mol. The van der Waals surface area contributed by atoms with Crippen molar-refractivity contribution in [2.75, 3.05) is 21.3 Å². The minimum atomic E-state index is -1.06. The predicted molar refractivity (Wildman–Crippen MR) is 117 cm³/mol. The number of aliphatic hydroxyl groups is 2. The number of carbonyl (C=O) groups is 2. The molecule has 1 aliphatic rings. The van der Waals surface area contributed by atoms with E-state index in [4.69, 9.17) is 18.9 Å². The molecule has 0 unspecified atom stereocenters. The van der Waals surface area contributed by atoms with Gasteiger partial charge in [0.25, 0.3) is 0 Å². The maximum absolute atomic E-state index is 12.9. The van der Waals surface area contributed by atoms with Crippen LogP contribution in [0, 0.1) is 11.8 Å². The molecular formula is C24H28O10. The largest absolute Gasteiger partial charge is 0.507 e. The van der Waals surface area contributed by atoms with Gasteiger partial charge >= 0.3 is 5.97 Å². The number of aromatic hydroxyl groups is 2. The number of hydrogen-bond acceptors (Lipinski definition) is 10. The van der Waals surface area contributed by atoms with Crippen molar-refractivity contribution in [3.8, 4) is 23.0 Å². The monoisotopic (exact) mass is 476 g/mol. The lowest BCUT2D eigenvalue weighted by atomic mass is 9.80. The summed E-state index contributed by atoms with van der Waals surface area (Å²) in [5, 5.41) is 39.8. The highest BCUT2D eigenvalue weighted by atomic mass is 16.5. The van der Waals surface area contributed by atoms with E-state index in [1.54, 1.807) is 0 Å². The van der Waals surface area contributed by atoms with E-state index in [2.05, 4.69) is 0 Å². The number of ketones is 1. The molecule has 0 aromatic heterocycles. The Morgan fingerprint density at radius 3 is 1.71 bits per heavy atom. The third kappa shape index (κ3) is 4.39. The zero-order chi connectivity index (χ0) is 25.2. The number of hydrogen-bond donors (Lipinski definition) is 4. The van der Waals surface area contributed by atoms with E-state index in [9.17, 15) is 30.0 Å². The molecule has 1 aliphatic heterocycles. The van der Waals surface area contributed by atoms with Crippen molar-refractivity contribution >= 4 is 11.8 Å². The molecule has 1 saturated heterocycles. The van der Waals surface area contributed by atoms with Crippen LogP contribution in [0.5, 0.6) is 23.0 Å². The van der Waals surface area contributed by atoms with Gasteiger partial charge in [-0.2, -0.15) is 0 Å². The molecule has 0 amide bonds. The van der Waals surface area contributed by atoms with E-state index in [-0.39, 0.29) is 39.9 Å². The van der Waals surface area contributed by atoms with Crippen LogP contribution < -0.4 is 9.47 Å². The van der Waals surface area contributed by atoms with Crippen LogP contribution in [0.25, 0.3) is 0 Å². The smallest absolute Gasteiger partial charge is 0.312 e. The van der Waals surface area contributed by atoms with Crippen LogP contribution >= 0.6 is 0 Å². The number of phenols is 2. The Morgan fingerprint density at radius 1 is 0.824 bits per heavy atom. The van der Waals surface area contributed by atoms with Gasteiger partial charge < -0.3 is 39.4 Å². The van der Waals surface area contributed by atoms with E-state index in [0.29, 0.717) is 11.1 Å². The van der Waals surface area contributed by atoms with Gasteiger partial charge in [0.05, 0.1) is 58.6 Å². The number of benzene rings is 2. The molecule has 2 aromatic rings. The normalized spacial score (nSPS) is 21.8. The van der Waals surface area contributed by atoms with Gasteiger partial charge in [0.15, 0.2) is 11.5 Å². The van der Waals surface area contributed by atoms with Gasteiger partial charge in [0, 0.05) is 11.1 Å². The lowest BCUT2D eigenvalue weighted by Crippen LogP contribution is -2.30. The molecule has 2 aromatic carbocycles. The lowest BCUT2D eigenvalue weighted by molar-refractivity contribution is -0.150. The number of Topliss-reactive ketones (excluding diaryl/α,β-unsaturated/α-hetero) is 1. The quantitative estimate of drug-likeness (QED) is 0.416. The Balaban J connectivity index is 2.20. The van der Waals surface area contributed by atoms with Gasteiger partial charge in [-0.15, -0.1) is 0 Å². The summed E-state index contributed by atoms with van der Waals surface area (Å²) in [6, 6.07) is 5.88. The van der Waals surface area contributed by atoms with Gasteiger partial charge in [0.1, 0.15) is 11.5 Å². The first-order valence-corrected chi connectivity index (χ1v) is 10.5. The first kappa shape index (κ1) is 25.3.